The molecule has 0 aliphatic carbocycles. The zero-order valence-electron chi connectivity index (χ0n) is 11.3. The second-order valence-electron chi connectivity index (χ2n) is 5.02. The third kappa shape index (κ3) is 3.11. The normalized spacial score (nSPS) is 20.4. The van der Waals surface area contributed by atoms with Crippen molar-refractivity contribution in [3.8, 4) is 5.75 Å². The average molecular weight is 510 g/mol. The summed E-state index contributed by atoms with van der Waals surface area (Å²) in [6.07, 6.45) is 0. The van der Waals surface area contributed by atoms with Crippen LogP contribution in [0.2, 0.25) is 0 Å². The second kappa shape index (κ2) is 5.88. The van der Waals surface area contributed by atoms with Crippen molar-refractivity contribution in [2.75, 3.05) is 0 Å². The molecule has 1 saturated heterocycles. The number of carbonyl (C=O) groups excluding carboxylic acids is 1. The van der Waals surface area contributed by atoms with Crippen molar-refractivity contribution in [3.05, 3.63) is 42.0 Å². The molecular formula is C15H14I2NO3-. The van der Waals surface area contributed by atoms with Crippen molar-refractivity contribution in [2.24, 2.45) is 0 Å². The second-order valence-corrected chi connectivity index (χ2v) is 9.75. The van der Waals surface area contributed by atoms with Gasteiger partial charge in [-0.15, -0.1) is 0 Å². The van der Waals surface area contributed by atoms with E-state index in [4.69, 9.17) is 4.74 Å². The number of hydrogen-bond acceptors (Lipinski definition) is 4. The molecule has 2 unspecified atom stereocenters. The van der Waals surface area contributed by atoms with Crippen LogP contribution in [0, 0.1) is 0 Å². The van der Waals surface area contributed by atoms with Crippen LogP contribution in [0.15, 0.2) is 36.4 Å². The Labute approximate surface area is 147 Å². The van der Waals surface area contributed by atoms with Gasteiger partial charge in [-0.05, 0) is 0 Å². The maximum absolute atomic E-state index is 12.2. The fourth-order valence-corrected chi connectivity index (χ4v) is 5.45. The molecule has 0 amide bonds. The fraction of sp³-hybridized carbons (Fsp3) is 0.267. The number of carbonyl (C=O) groups is 1. The molecule has 1 aliphatic heterocycles. The Kier molecular flexibility index (Phi) is 4.28. The number of ether oxygens (including phenoxy) is 1. The first kappa shape index (κ1) is 15.3. The molecule has 2 atom stereocenters. The van der Waals surface area contributed by atoms with E-state index in [0.717, 1.165) is 16.3 Å². The van der Waals surface area contributed by atoms with Crippen LogP contribution in [0.1, 0.15) is 12.5 Å². The Morgan fingerprint density at radius 1 is 1.38 bits per heavy atom. The van der Waals surface area contributed by atoms with E-state index in [1.54, 1.807) is 12.1 Å². The summed E-state index contributed by atoms with van der Waals surface area (Å²) in [5, 5.41) is 11.6. The number of phenolic OH excluding ortho intramolecular Hbond substituents is 1. The van der Waals surface area contributed by atoms with E-state index in [0.29, 0.717) is 4.05 Å². The van der Waals surface area contributed by atoms with Gasteiger partial charge in [0, 0.05) is 0 Å². The number of esters is 1. The van der Waals surface area contributed by atoms with Gasteiger partial charge in [0.15, 0.2) is 0 Å². The van der Waals surface area contributed by atoms with E-state index in [-0.39, 0.29) is 39.8 Å². The van der Waals surface area contributed by atoms with Crippen molar-refractivity contribution < 1.29 is 36.1 Å². The average Bonchev–Trinajstić information content (AvgIpc) is 3.30. The van der Waals surface area contributed by atoms with E-state index >= 15 is 0 Å². The molecule has 6 heteroatoms. The van der Waals surface area contributed by atoms with Crippen LogP contribution in [0.4, 0.5) is 0 Å². The third-order valence-corrected chi connectivity index (χ3v) is 8.19. The monoisotopic (exact) mass is 510 g/mol. The van der Waals surface area contributed by atoms with E-state index in [1.165, 1.54) is 0 Å². The molecule has 3 rings (SSSR count). The van der Waals surface area contributed by atoms with Gasteiger partial charge >= 0.3 is 148 Å². The molecule has 0 radical (unpaired) electrons. The molecule has 2 aromatic rings. The standard InChI is InChI=1S/C15H14I2NO3/c1-15(16,13-17-18-13)14(20)21-8-9-4-2-6-11-10(9)5-3-7-12(11)19/h2-7,13,18-19H,8H2,1H3/q-1. The number of nitrogens with one attached hydrogen (secondary N) is 1. The number of alkyl halides is 2. The molecule has 1 fully saturated rings. The Morgan fingerprint density at radius 2 is 2.05 bits per heavy atom. The summed E-state index contributed by atoms with van der Waals surface area (Å²) >= 11 is 2.13. The third-order valence-electron chi connectivity index (χ3n) is 3.44. The first-order valence-corrected chi connectivity index (χ1v) is 9.84. The van der Waals surface area contributed by atoms with E-state index < -0.39 is 3.42 Å². The minimum atomic E-state index is -0.488. The van der Waals surface area contributed by atoms with Crippen molar-refractivity contribution in [1.82, 2.24) is 3.53 Å². The zero-order chi connectivity index (χ0) is 15.0. The SMILES string of the molecule is CC(I)(C(=O)OCc1cccc2c(O)cccc12)C1N[I-]1. The van der Waals surface area contributed by atoms with Gasteiger partial charge in [-0.3, -0.25) is 0 Å². The van der Waals surface area contributed by atoms with E-state index in [9.17, 15) is 9.90 Å². The van der Waals surface area contributed by atoms with Gasteiger partial charge < -0.3 is 0 Å². The van der Waals surface area contributed by atoms with Crippen LogP contribution >= 0.6 is 22.6 Å². The number of hydrogen-bond donors (Lipinski definition) is 2. The molecule has 4 nitrogen and oxygen atoms in total. The topological polar surface area (TPSA) is 68.5 Å². The quantitative estimate of drug-likeness (QED) is 0.148. The van der Waals surface area contributed by atoms with Crippen LogP contribution in [-0.4, -0.2) is 18.5 Å². The molecule has 1 heterocycles. The number of fused-ring (bicyclic) bond motifs is 1. The van der Waals surface area contributed by atoms with Crippen LogP contribution in [0.25, 0.3) is 10.8 Å². The fourth-order valence-electron chi connectivity index (χ4n) is 2.11. The summed E-state index contributed by atoms with van der Waals surface area (Å²) in [5.74, 6) is 0.0568. The first-order valence-electron chi connectivity index (χ1n) is 6.44. The number of aromatic hydroxyl groups is 1. The molecule has 2 N–H and O–H groups in total. The van der Waals surface area contributed by atoms with Gasteiger partial charge in [0.1, 0.15) is 0 Å². The van der Waals surface area contributed by atoms with Crippen molar-refractivity contribution >= 4 is 39.3 Å². The van der Waals surface area contributed by atoms with Gasteiger partial charge in [-0.1, -0.05) is 0 Å². The predicted octanol–water partition coefficient (Wildman–Crippen LogP) is -0.284. The predicted molar refractivity (Wildman–Crippen MR) is 84.8 cm³/mol. The summed E-state index contributed by atoms with van der Waals surface area (Å²) in [4.78, 5) is 12.2. The Bertz CT molecular complexity index is 698. The summed E-state index contributed by atoms with van der Waals surface area (Å²) < 4.78 is 8.57. The number of phenols is 1. The molecule has 0 bridgehead atoms. The minimum absolute atomic E-state index is 0.0405. The van der Waals surface area contributed by atoms with Crippen LogP contribution in [0.5, 0.6) is 5.75 Å². The number of halogens is 2. The zero-order valence-corrected chi connectivity index (χ0v) is 15.6. The molecule has 1 aliphatic rings. The van der Waals surface area contributed by atoms with Gasteiger partial charge in [0.25, 0.3) is 0 Å². The molecule has 0 saturated carbocycles. The maximum atomic E-state index is 12.2. The summed E-state index contributed by atoms with van der Waals surface area (Å²) in [7, 11) is 0. The molecule has 21 heavy (non-hydrogen) atoms. The Hall–Kier alpha value is -0.610. The summed E-state index contributed by atoms with van der Waals surface area (Å²) in [5.41, 5.74) is 0.905. The van der Waals surface area contributed by atoms with E-state index in [1.807, 2.05) is 31.2 Å². The molecule has 2 aromatic carbocycles. The summed E-state index contributed by atoms with van der Waals surface area (Å²) in [6.45, 7) is 2.14. The van der Waals surface area contributed by atoms with Crippen LogP contribution < -0.4 is 25.0 Å². The first-order chi connectivity index (χ1) is 10.00. The van der Waals surface area contributed by atoms with Crippen molar-refractivity contribution in [2.45, 2.75) is 21.0 Å². The molecule has 0 spiro atoms. The Balaban J connectivity index is 1.79. The molecule has 112 valence electrons. The van der Waals surface area contributed by atoms with Crippen LogP contribution in [-0.2, 0) is 16.1 Å². The molecule has 0 aromatic heterocycles. The van der Waals surface area contributed by atoms with E-state index in [2.05, 4.69) is 26.1 Å². The van der Waals surface area contributed by atoms with Crippen LogP contribution in [0.3, 0.4) is 0 Å². The van der Waals surface area contributed by atoms with Gasteiger partial charge in [-0.2, -0.15) is 0 Å². The van der Waals surface area contributed by atoms with Gasteiger partial charge in [0.05, 0.1) is 0 Å². The molecular weight excluding hydrogens is 496 g/mol. The van der Waals surface area contributed by atoms with Gasteiger partial charge in [0.2, 0.25) is 0 Å². The number of benzene rings is 2. The van der Waals surface area contributed by atoms with Crippen molar-refractivity contribution in [3.63, 3.8) is 0 Å². The Morgan fingerprint density at radius 3 is 2.76 bits per heavy atom. The number of rotatable bonds is 4. The summed E-state index contributed by atoms with van der Waals surface area (Å²) in [6, 6.07) is 11.0. The van der Waals surface area contributed by atoms with Gasteiger partial charge in [-0.25, -0.2) is 0 Å². The van der Waals surface area contributed by atoms with Crippen molar-refractivity contribution in [1.29, 1.82) is 0 Å².